The lowest BCUT2D eigenvalue weighted by molar-refractivity contribution is 0.0930. The van der Waals surface area contributed by atoms with Gasteiger partial charge in [-0.25, -0.2) is 4.98 Å². The molecule has 3 N–H and O–H groups in total. The SMILES string of the molecule is Cl.NCCc1nc(C(=O)NC2CCSCC2)cs1. The highest BCUT2D eigenvalue weighted by Crippen LogP contribution is 2.17. The molecule has 0 saturated carbocycles. The van der Waals surface area contributed by atoms with Gasteiger partial charge in [-0.15, -0.1) is 23.7 Å². The van der Waals surface area contributed by atoms with Crippen LogP contribution in [-0.4, -0.2) is 35.0 Å². The van der Waals surface area contributed by atoms with E-state index in [1.165, 1.54) is 11.3 Å². The van der Waals surface area contributed by atoms with Crippen molar-refractivity contribution < 1.29 is 4.79 Å². The van der Waals surface area contributed by atoms with Crippen LogP contribution in [0.25, 0.3) is 0 Å². The average molecular weight is 308 g/mol. The molecule has 18 heavy (non-hydrogen) atoms. The Morgan fingerprint density at radius 2 is 2.22 bits per heavy atom. The molecule has 1 amide bonds. The third-order valence-corrected chi connectivity index (χ3v) is 4.66. The zero-order chi connectivity index (χ0) is 12.1. The van der Waals surface area contributed by atoms with Crippen LogP contribution in [0.2, 0.25) is 0 Å². The zero-order valence-electron chi connectivity index (χ0n) is 10.1. The predicted molar refractivity (Wildman–Crippen MR) is 79.9 cm³/mol. The number of aromatic nitrogens is 1. The fourth-order valence-corrected chi connectivity index (χ4v) is 3.66. The van der Waals surface area contributed by atoms with E-state index in [4.69, 9.17) is 5.73 Å². The van der Waals surface area contributed by atoms with Gasteiger partial charge in [-0.1, -0.05) is 0 Å². The third-order valence-electron chi connectivity index (χ3n) is 2.70. The van der Waals surface area contributed by atoms with Crippen LogP contribution >= 0.6 is 35.5 Å². The first-order valence-corrected chi connectivity index (χ1v) is 7.86. The van der Waals surface area contributed by atoms with E-state index < -0.39 is 0 Å². The number of hydrogen-bond donors (Lipinski definition) is 2. The van der Waals surface area contributed by atoms with Crippen molar-refractivity contribution in [1.29, 1.82) is 0 Å². The number of carbonyl (C=O) groups is 1. The van der Waals surface area contributed by atoms with E-state index >= 15 is 0 Å². The molecule has 1 aromatic heterocycles. The van der Waals surface area contributed by atoms with Crippen molar-refractivity contribution in [2.45, 2.75) is 25.3 Å². The summed E-state index contributed by atoms with van der Waals surface area (Å²) >= 11 is 3.46. The van der Waals surface area contributed by atoms with Gasteiger partial charge in [0.15, 0.2) is 0 Å². The number of nitrogens with two attached hydrogens (primary N) is 1. The maximum absolute atomic E-state index is 11.9. The van der Waals surface area contributed by atoms with Crippen molar-refractivity contribution in [2.24, 2.45) is 5.73 Å². The standard InChI is InChI=1S/C11H17N3OS2.ClH/c12-4-1-10-14-9(7-17-10)11(15)13-8-2-5-16-6-3-8;/h7-8H,1-6,12H2,(H,13,15);1H. The Bertz CT molecular complexity index is 380. The molecule has 4 nitrogen and oxygen atoms in total. The fourth-order valence-electron chi connectivity index (χ4n) is 1.75. The number of amides is 1. The number of halogens is 1. The molecule has 0 atom stereocenters. The summed E-state index contributed by atoms with van der Waals surface area (Å²) in [5.41, 5.74) is 6.00. The van der Waals surface area contributed by atoms with Gasteiger partial charge in [-0.05, 0) is 30.9 Å². The lowest BCUT2D eigenvalue weighted by atomic mass is 10.1. The maximum atomic E-state index is 11.9. The van der Waals surface area contributed by atoms with Crippen molar-refractivity contribution in [3.63, 3.8) is 0 Å². The summed E-state index contributed by atoms with van der Waals surface area (Å²) in [4.78, 5) is 16.2. The van der Waals surface area contributed by atoms with Gasteiger partial charge in [0.05, 0.1) is 5.01 Å². The van der Waals surface area contributed by atoms with Gasteiger partial charge in [0, 0.05) is 17.8 Å². The third kappa shape index (κ3) is 4.42. The summed E-state index contributed by atoms with van der Waals surface area (Å²) in [5.74, 6) is 2.24. The second kappa shape index (κ2) is 7.99. The van der Waals surface area contributed by atoms with Crippen LogP contribution in [-0.2, 0) is 6.42 Å². The number of thioether (sulfide) groups is 1. The topological polar surface area (TPSA) is 68.0 Å². The van der Waals surface area contributed by atoms with Crippen molar-refractivity contribution in [2.75, 3.05) is 18.1 Å². The van der Waals surface area contributed by atoms with E-state index in [-0.39, 0.29) is 18.3 Å². The minimum atomic E-state index is -0.0404. The largest absolute Gasteiger partial charge is 0.348 e. The number of rotatable bonds is 4. The first-order valence-electron chi connectivity index (χ1n) is 5.82. The van der Waals surface area contributed by atoms with E-state index in [0.717, 1.165) is 35.8 Å². The van der Waals surface area contributed by atoms with Gasteiger partial charge < -0.3 is 11.1 Å². The molecule has 0 radical (unpaired) electrons. The molecule has 1 saturated heterocycles. The quantitative estimate of drug-likeness (QED) is 0.888. The number of nitrogens with zero attached hydrogens (tertiary/aromatic N) is 1. The molecule has 1 aromatic rings. The van der Waals surface area contributed by atoms with Crippen LogP contribution in [0, 0.1) is 0 Å². The van der Waals surface area contributed by atoms with Crippen LogP contribution in [0.1, 0.15) is 28.3 Å². The van der Waals surface area contributed by atoms with Crippen LogP contribution in [0.4, 0.5) is 0 Å². The van der Waals surface area contributed by atoms with E-state index in [1.54, 1.807) is 0 Å². The van der Waals surface area contributed by atoms with Crippen molar-refractivity contribution in [1.82, 2.24) is 10.3 Å². The van der Waals surface area contributed by atoms with E-state index in [0.29, 0.717) is 18.3 Å². The molecule has 0 unspecified atom stereocenters. The van der Waals surface area contributed by atoms with Crippen LogP contribution in [0.3, 0.4) is 0 Å². The molecule has 0 bridgehead atoms. The maximum Gasteiger partial charge on any atom is 0.270 e. The highest BCUT2D eigenvalue weighted by atomic mass is 35.5. The Hall–Kier alpha value is -0.300. The summed E-state index contributed by atoms with van der Waals surface area (Å²) in [6.07, 6.45) is 2.88. The van der Waals surface area contributed by atoms with Crippen LogP contribution < -0.4 is 11.1 Å². The first-order chi connectivity index (χ1) is 8.29. The molecular formula is C11H18ClN3OS2. The van der Waals surface area contributed by atoms with Crippen molar-refractivity contribution >= 4 is 41.4 Å². The summed E-state index contributed by atoms with van der Waals surface area (Å²) in [6, 6.07) is 0.323. The van der Waals surface area contributed by atoms with Crippen molar-refractivity contribution in [3.05, 3.63) is 16.1 Å². The van der Waals surface area contributed by atoms with Crippen molar-refractivity contribution in [3.8, 4) is 0 Å². The lowest BCUT2D eigenvalue weighted by Crippen LogP contribution is -2.37. The number of hydrogen-bond acceptors (Lipinski definition) is 5. The Morgan fingerprint density at radius 3 is 2.89 bits per heavy atom. The van der Waals surface area contributed by atoms with Gasteiger partial charge >= 0.3 is 0 Å². The highest BCUT2D eigenvalue weighted by Gasteiger charge is 2.18. The summed E-state index contributed by atoms with van der Waals surface area (Å²) in [6.45, 7) is 0.578. The van der Waals surface area contributed by atoms with Gasteiger partial charge in [0.1, 0.15) is 5.69 Å². The smallest absolute Gasteiger partial charge is 0.270 e. The molecule has 2 heterocycles. The summed E-state index contributed by atoms with van der Waals surface area (Å²) in [5, 5.41) is 5.81. The molecule has 1 aliphatic heterocycles. The van der Waals surface area contributed by atoms with E-state index in [9.17, 15) is 4.79 Å². The summed E-state index contributed by atoms with van der Waals surface area (Å²) < 4.78 is 0. The fraction of sp³-hybridized carbons (Fsp3) is 0.636. The normalized spacial score (nSPS) is 16.1. The average Bonchev–Trinajstić information content (AvgIpc) is 2.79. The molecule has 0 spiro atoms. The Morgan fingerprint density at radius 1 is 1.50 bits per heavy atom. The van der Waals surface area contributed by atoms with Crippen LogP contribution in [0.5, 0.6) is 0 Å². The van der Waals surface area contributed by atoms with Gasteiger partial charge in [0.25, 0.3) is 5.91 Å². The zero-order valence-corrected chi connectivity index (χ0v) is 12.5. The minimum Gasteiger partial charge on any atom is -0.348 e. The number of thiazole rings is 1. The number of nitrogens with one attached hydrogen (secondary N) is 1. The van der Waals surface area contributed by atoms with Crippen LogP contribution in [0.15, 0.2) is 5.38 Å². The van der Waals surface area contributed by atoms with Gasteiger partial charge in [-0.3, -0.25) is 4.79 Å². The second-order valence-electron chi connectivity index (χ2n) is 4.03. The Balaban J connectivity index is 0.00000162. The monoisotopic (exact) mass is 307 g/mol. The number of carbonyl (C=O) groups excluding carboxylic acids is 1. The molecule has 0 aliphatic carbocycles. The summed E-state index contributed by atoms with van der Waals surface area (Å²) in [7, 11) is 0. The molecule has 2 rings (SSSR count). The molecular weight excluding hydrogens is 290 g/mol. The van der Waals surface area contributed by atoms with E-state index in [1.807, 2.05) is 17.1 Å². The first kappa shape index (κ1) is 15.8. The molecule has 1 aliphatic rings. The van der Waals surface area contributed by atoms with E-state index in [2.05, 4.69) is 10.3 Å². The lowest BCUT2D eigenvalue weighted by Gasteiger charge is -2.21. The predicted octanol–water partition coefficient (Wildman–Crippen LogP) is 1.69. The second-order valence-corrected chi connectivity index (χ2v) is 6.19. The molecule has 1 fully saturated rings. The minimum absolute atomic E-state index is 0. The highest BCUT2D eigenvalue weighted by molar-refractivity contribution is 7.99. The molecule has 0 aromatic carbocycles. The Labute approximate surface area is 122 Å². The molecule has 7 heteroatoms. The van der Waals surface area contributed by atoms with Gasteiger partial charge in [0.2, 0.25) is 0 Å². The van der Waals surface area contributed by atoms with Gasteiger partial charge in [-0.2, -0.15) is 11.8 Å². The Kier molecular flexibility index (Phi) is 6.99. The molecule has 102 valence electrons.